The van der Waals surface area contributed by atoms with Crippen LogP contribution in [0.4, 0.5) is 4.39 Å². The third-order valence-corrected chi connectivity index (χ3v) is 3.72. The van der Waals surface area contributed by atoms with Gasteiger partial charge in [0.25, 0.3) is 5.56 Å². The quantitative estimate of drug-likeness (QED) is 0.542. The average molecular weight is 445 g/mol. The highest BCUT2D eigenvalue weighted by molar-refractivity contribution is 14.1. The molecule has 0 aliphatic rings. The highest BCUT2D eigenvalue weighted by atomic mass is 127. The Balaban J connectivity index is 2.84. The molecule has 0 spiro atoms. The molecule has 0 aliphatic carbocycles. The van der Waals surface area contributed by atoms with Crippen LogP contribution in [0.1, 0.15) is 0 Å². The minimum atomic E-state index is -1.19. The van der Waals surface area contributed by atoms with Crippen LogP contribution in [0.25, 0.3) is 5.69 Å². The predicted octanol–water partition coefficient (Wildman–Crippen LogP) is 2.69. The standard InChI is InChI=1S/C10H4BrClFIN2O2/c11-5-3-4(14)1-2-6(5)16-9(17)7(13)8(12)15-10(16)18/h1-3H,(H,15,18). The molecule has 0 saturated heterocycles. The lowest BCUT2D eigenvalue weighted by Crippen LogP contribution is -2.36. The molecule has 2 rings (SSSR count). The summed E-state index contributed by atoms with van der Waals surface area (Å²) in [6.45, 7) is 0. The van der Waals surface area contributed by atoms with Crippen molar-refractivity contribution in [2.24, 2.45) is 0 Å². The maximum absolute atomic E-state index is 13.4. The third-order valence-electron chi connectivity index (χ3n) is 2.15. The normalized spacial score (nSPS) is 10.7. The van der Waals surface area contributed by atoms with Crippen molar-refractivity contribution < 1.29 is 4.39 Å². The molecule has 0 atom stereocenters. The van der Waals surface area contributed by atoms with Gasteiger partial charge < -0.3 is 0 Å². The Morgan fingerprint density at radius 2 is 2.06 bits per heavy atom. The monoisotopic (exact) mass is 444 g/mol. The second-order valence-corrected chi connectivity index (χ2v) is 5.77. The summed E-state index contributed by atoms with van der Waals surface area (Å²) < 4.78 is 15.5. The lowest BCUT2D eigenvalue weighted by Gasteiger charge is -2.07. The number of aromatic amines is 1. The largest absolute Gasteiger partial charge is 0.334 e. The summed E-state index contributed by atoms with van der Waals surface area (Å²) in [5.74, 6) is -1.19. The van der Waals surface area contributed by atoms with E-state index in [-0.39, 0.29) is 5.69 Å². The zero-order chi connectivity index (χ0) is 13.4. The Bertz CT molecular complexity index is 744. The molecule has 1 heterocycles. The predicted molar refractivity (Wildman–Crippen MR) is 78.0 cm³/mol. The number of hydrogen-bond acceptors (Lipinski definition) is 2. The molecule has 0 aliphatic heterocycles. The van der Waals surface area contributed by atoms with Gasteiger partial charge in [0.1, 0.15) is 0 Å². The summed E-state index contributed by atoms with van der Waals surface area (Å²) >= 11 is 10.7. The van der Waals surface area contributed by atoms with E-state index in [2.05, 4.69) is 43.5 Å². The number of nitrogens with one attached hydrogen (secondary N) is 1. The van der Waals surface area contributed by atoms with Gasteiger partial charge in [-0.15, -0.1) is 0 Å². The van der Waals surface area contributed by atoms with Crippen LogP contribution in [-0.2, 0) is 0 Å². The van der Waals surface area contributed by atoms with E-state index >= 15 is 0 Å². The number of hydrogen-bond donors (Lipinski definition) is 1. The fraction of sp³-hybridized carbons (Fsp3) is 0. The van der Waals surface area contributed by atoms with Crippen molar-refractivity contribution in [2.75, 3.05) is 0 Å². The Morgan fingerprint density at radius 3 is 2.67 bits per heavy atom. The van der Waals surface area contributed by atoms with E-state index < -0.39 is 22.2 Å². The van der Waals surface area contributed by atoms with E-state index in [9.17, 15) is 14.0 Å². The number of H-pyrrole nitrogens is 1. The fourth-order valence-electron chi connectivity index (χ4n) is 1.37. The molecule has 18 heavy (non-hydrogen) atoms. The van der Waals surface area contributed by atoms with Gasteiger partial charge in [-0.1, -0.05) is 11.6 Å². The van der Waals surface area contributed by atoms with Gasteiger partial charge in [0.2, 0.25) is 5.82 Å². The first kappa shape index (κ1) is 13.8. The molecule has 0 fully saturated rings. The van der Waals surface area contributed by atoms with Crippen LogP contribution >= 0.6 is 50.1 Å². The summed E-state index contributed by atoms with van der Waals surface area (Å²) in [6, 6.07) is 4.93. The molecule has 2 aromatic rings. The Kier molecular flexibility index (Phi) is 3.93. The van der Waals surface area contributed by atoms with Crippen molar-refractivity contribution in [1.82, 2.24) is 9.55 Å². The minimum Gasteiger partial charge on any atom is -0.295 e. The number of nitrogens with zero attached hydrogens (tertiary/aromatic N) is 1. The van der Waals surface area contributed by atoms with Crippen LogP contribution in [0.5, 0.6) is 0 Å². The minimum absolute atomic E-state index is 0.247. The number of halogens is 4. The van der Waals surface area contributed by atoms with Gasteiger partial charge in [0, 0.05) is 8.04 Å². The molecule has 0 bridgehead atoms. The van der Waals surface area contributed by atoms with Crippen LogP contribution in [0, 0.1) is 9.39 Å². The maximum atomic E-state index is 13.4. The van der Waals surface area contributed by atoms with Crippen molar-refractivity contribution in [3.63, 3.8) is 0 Å². The van der Waals surface area contributed by atoms with Gasteiger partial charge in [-0.05, 0) is 56.7 Å². The summed E-state index contributed by atoms with van der Waals surface area (Å²) in [7, 11) is 0. The first-order valence-corrected chi connectivity index (χ1v) is 6.82. The molecule has 1 aromatic carbocycles. The number of rotatable bonds is 1. The Labute approximate surface area is 127 Å². The summed E-state index contributed by atoms with van der Waals surface area (Å²) in [4.78, 5) is 25.5. The highest BCUT2D eigenvalue weighted by Crippen LogP contribution is 2.21. The molecule has 0 unspecified atom stereocenters. The van der Waals surface area contributed by atoms with Crippen molar-refractivity contribution in [3.05, 3.63) is 58.1 Å². The molecule has 0 radical (unpaired) electrons. The van der Waals surface area contributed by atoms with Crippen LogP contribution in [0.2, 0.25) is 5.15 Å². The van der Waals surface area contributed by atoms with E-state index in [1.54, 1.807) is 12.1 Å². The SMILES string of the molecule is O=c1[nH]c(Cl)c(F)c(=O)n1-c1ccc(I)cc1Br. The summed E-state index contributed by atoms with van der Waals surface area (Å²) in [5, 5.41) is -0.595. The number of aromatic nitrogens is 2. The second-order valence-electron chi connectivity index (χ2n) is 3.29. The van der Waals surface area contributed by atoms with Crippen molar-refractivity contribution >= 4 is 50.1 Å². The van der Waals surface area contributed by atoms with Gasteiger partial charge in [-0.2, -0.15) is 4.39 Å². The van der Waals surface area contributed by atoms with Crippen molar-refractivity contribution in [3.8, 4) is 5.69 Å². The lowest BCUT2D eigenvalue weighted by atomic mass is 10.3. The number of benzene rings is 1. The highest BCUT2D eigenvalue weighted by Gasteiger charge is 2.15. The average Bonchev–Trinajstić information content (AvgIpc) is 2.29. The molecule has 0 saturated carbocycles. The zero-order valence-corrected chi connectivity index (χ0v) is 13.0. The third kappa shape index (κ3) is 2.39. The first-order valence-electron chi connectivity index (χ1n) is 4.57. The molecular formula is C10H4BrClFIN2O2. The van der Waals surface area contributed by atoms with E-state index in [4.69, 9.17) is 11.6 Å². The topological polar surface area (TPSA) is 54.9 Å². The lowest BCUT2D eigenvalue weighted by molar-refractivity contribution is 0.584. The van der Waals surface area contributed by atoms with Crippen LogP contribution in [-0.4, -0.2) is 9.55 Å². The first-order chi connectivity index (χ1) is 8.41. The van der Waals surface area contributed by atoms with E-state index in [0.29, 0.717) is 9.04 Å². The molecule has 4 nitrogen and oxygen atoms in total. The maximum Gasteiger partial charge on any atom is 0.334 e. The molecule has 0 amide bonds. The van der Waals surface area contributed by atoms with Crippen molar-refractivity contribution in [1.29, 1.82) is 0 Å². The van der Waals surface area contributed by atoms with E-state index in [0.717, 1.165) is 3.57 Å². The van der Waals surface area contributed by atoms with Gasteiger partial charge in [0.05, 0.1) is 5.69 Å². The van der Waals surface area contributed by atoms with Gasteiger partial charge in [-0.25, -0.2) is 9.36 Å². The molecule has 1 N–H and O–H groups in total. The molecular weight excluding hydrogens is 441 g/mol. The zero-order valence-electron chi connectivity index (χ0n) is 8.51. The fourth-order valence-corrected chi connectivity index (χ4v) is 3.01. The van der Waals surface area contributed by atoms with Crippen LogP contribution in [0.15, 0.2) is 32.3 Å². The van der Waals surface area contributed by atoms with E-state index in [1.165, 1.54) is 6.07 Å². The summed E-state index contributed by atoms with van der Waals surface area (Å²) in [5.41, 5.74) is -1.64. The molecule has 8 heteroatoms. The van der Waals surface area contributed by atoms with E-state index in [1.807, 2.05) is 0 Å². The molecule has 1 aromatic heterocycles. The Morgan fingerprint density at radius 1 is 1.39 bits per heavy atom. The smallest absolute Gasteiger partial charge is 0.295 e. The molecule has 94 valence electrons. The summed E-state index contributed by atoms with van der Waals surface area (Å²) in [6.07, 6.45) is 0. The van der Waals surface area contributed by atoms with Gasteiger partial charge >= 0.3 is 5.69 Å². The van der Waals surface area contributed by atoms with Gasteiger partial charge in [0.15, 0.2) is 5.15 Å². The van der Waals surface area contributed by atoms with Gasteiger partial charge in [-0.3, -0.25) is 9.78 Å². The van der Waals surface area contributed by atoms with Crippen LogP contribution in [0.3, 0.4) is 0 Å². The second kappa shape index (κ2) is 5.14. The van der Waals surface area contributed by atoms with Crippen molar-refractivity contribution in [2.45, 2.75) is 0 Å². The van der Waals surface area contributed by atoms with Crippen LogP contribution < -0.4 is 11.2 Å². The Hall–Kier alpha value is -0.670.